The van der Waals surface area contributed by atoms with Crippen LogP contribution in [-0.4, -0.2) is 35.9 Å². The van der Waals surface area contributed by atoms with E-state index in [1.807, 2.05) is 4.90 Å². The van der Waals surface area contributed by atoms with E-state index in [0.29, 0.717) is 17.0 Å². The molecular weight excluding hydrogens is 268 g/mol. The summed E-state index contributed by atoms with van der Waals surface area (Å²) in [7, 11) is 0. The topological polar surface area (TPSA) is 58.6 Å². The fourth-order valence-electron chi connectivity index (χ4n) is 2.42. The zero-order valence-corrected chi connectivity index (χ0v) is 12.8. The van der Waals surface area contributed by atoms with Gasteiger partial charge in [0.1, 0.15) is 0 Å². The first-order valence-electron chi connectivity index (χ1n) is 7.48. The van der Waals surface area contributed by atoms with Crippen LogP contribution >= 0.6 is 0 Å². The number of anilines is 1. The Morgan fingerprint density at radius 2 is 1.95 bits per heavy atom. The van der Waals surface area contributed by atoms with Gasteiger partial charge in [0.2, 0.25) is 0 Å². The molecule has 1 N–H and O–H groups in total. The van der Waals surface area contributed by atoms with Gasteiger partial charge in [-0.25, -0.2) is 0 Å². The van der Waals surface area contributed by atoms with Crippen LogP contribution in [0.3, 0.4) is 0 Å². The van der Waals surface area contributed by atoms with E-state index in [1.54, 1.807) is 25.1 Å². The molecule has 2 amide bonds. The van der Waals surface area contributed by atoms with Crippen molar-refractivity contribution in [3.8, 4) is 5.75 Å². The molecule has 5 nitrogen and oxygen atoms in total. The van der Waals surface area contributed by atoms with Gasteiger partial charge >= 0.3 is 0 Å². The van der Waals surface area contributed by atoms with Gasteiger partial charge < -0.3 is 15.0 Å². The molecule has 0 aromatic heterocycles. The highest BCUT2D eigenvalue weighted by atomic mass is 16.5. The van der Waals surface area contributed by atoms with Crippen molar-refractivity contribution < 1.29 is 14.3 Å². The molecular formula is C16H22N2O3. The molecule has 1 aromatic carbocycles. The standard InChI is InChI=1S/C16H22N2O3/c1-4-9-18(10-5-2)16(20)12-7-6-8-13-14(12)21-11(3)15(19)17-13/h6-8,11H,4-5,9-10H2,1-3H3,(H,17,19). The summed E-state index contributed by atoms with van der Waals surface area (Å²) in [6, 6.07) is 5.27. The summed E-state index contributed by atoms with van der Waals surface area (Å²) < 4.78 is 5.64. The second-order valence-electron chi connectivity index (χ2n) is 5.22. The van der Waals surface area contributed by atoms with E-state index < -0.39 is 6.10 Å². The van der Waals surface area contributed by atoms with Crippen LogP contribution < -0.4 is 10.1 Å². The molecule has 114 valence electrons. The first kappa shape index (κ1) is 15.4. The third kappa shape index (κ3) is 3.17. The van der Waals surface area contributed by atoms with Crippen molar-refractivity contribution in [2.75, 3.05) is 18.4 Å². The van der Waals surface area contributed by atoms with Crippen molar-refractivity contribution in [1.29, 1.82) is 0 Å². The SMILES string of the molecule is CCCN(CCC)C(=O)c1cccc2c1OC(C)C(=O)N2. The summed E-state index contributed by atoms with van der Waals surface area (Å²) in [5.41, 5.74) is 1.08. The smallest absolute Gasteiger partial charge is 0.265 e. The number of hydrogen-bond acceptors (Lipinski definition) is 3. The number of benzene rings is 1. The Morgan fingerprint density at radius 3 is 2.57 bits per heavy atom. The molecule has 1 aliphatic rings. The average Bonchev–Trinajstić information content (AvgIpc) is 2.47. The minimum absolute atomic E-state index is 0.0427. The number of carbonyl (C=O) groups excluding carboxylic acids is 2. The van der Waals surface area contributed by atoms with Gasteiger partial charge in [-0.15, -0.1) is 0 Å². The lowest BCUT2D eigenvalue weighted by Gasteiger charge is -2.27. The van der Waals surface area contributed by atoms with Crippen LogP contribution in [0.25, 0.3) is 0 Å². The van der Waals surface area contributed by atoms with E-state index in [0.717, 1.165) is 25.9 Å². The fourth-order valence-corrected chi connectivity index (χ4v) is 2.42. The van der Waals surface area contributed by atoms with Crippen molar-refractivity contribution in [2.24, 2.45) is 0 Å². The monoisotopic (exact) mass is 290 g/mol. The van der Waals surface area contributed by atoms with Gasteiger partial charge in [-0.3, -0.25) is 9.59 Å². The van der Waals surface area contributed by atoms with Crippen LogP contribution in [-0.2, 0) is 4.79 Å². The molecule has 0 spiro atoms. The average molecular weight is 290 g/mol. The molecule has 0 saturated carbocycles. The Bertz CT molecular complexity index is 536. The highest BCUT2D eigenvalue weighted by molar-refractivity contribution is 6.03. The Morgan fingerprint density at radius 1 is 1.29 bits per heavy atom. The van der Waals surface area contributed by atoms with E-state index in [9.17, 15) is 9.59 Å². The minimum atomic E-state index is -0.586. The second-order valence-corrected chi connectivity index (χ2v) is 5.22. The number of carbonyl (C=O) groups is 2. The van der Waals surface area contributed by atoms with Crippen LogP contribution in [0.4, 0.5) is 5.69 Å². The summed E-state index contributed by atoms with van der Waals surface area (Å²) in [6.07, 6.45) is 1.24. The summed E-state index contributed by atoms with van der Waals surface area (Å²) in [6.45, 7) is 7.22. The van der Waals surface area contributed by atoms with E-state index in [1.165, 1.54) is 0 Å². The number of hydrogen-bond donors (Lipinski definition) is 1. The molecule has 1 aromatic rings. The van der Waals surface area contributed by atoms with E-state index in [2.05, 4.69) is 19.2 Å². The van der Waals surface area contributed by atoms with Crippen molar-refractivity contribution in [3.63, 3.8) is 0 Å². The maximum absolute atomic E-state index is 12.7. The number of ether oxygens (including phenoxy) is 1. The van der Waals surface area contributed by atoms with Crippen molar-refractivity contribution in [1.82, 2.24) is 4.90 Å². The predicted octanol–water partition coefficient (Wildman–Crippen LogP) is 2.67. The molecule has 21 heavy (non-hydrogen) atoms. The van der Waals surface area contributed by atoms with E-state index >= 15 is 0 Å². The molecule has 1 unspecified atom stereocenters. The van der Waals surface area contributed by atoms with Gasteiger partial charge in [-0.05, 0) is 31.9 Å². The number of amides is 2. The van der Waals surface area contributed by atoms with Crippen molar-refractivity contribution in [2.45, 2.75) is 39.7 Å². The van der Waals surface area contributed by atoms with Crippen LogP contribution in [0.15, 0.2) is 18.2 Å². The molecule has 1 heterocycles. The Balaban J connectivity index is 2.34. The van der Waals surface area contributed by atoms with Crippen LogP contribution in [0.2, 0.25) is 0 Å². The molecule has 5 heteroatoms. The maximum Gasteiger partial charge on any atom is 0.265 e. The van der Waals surface area contributed by atoms with Gasteiger partial charge in [-0.2, -0.15) is 0 Å². The number of nitrogens with zero attached hydrogens (tertiary/aromatic N) is 1. The van der Waals surface area contributed by atoms with E-state index in [4.69, 9.17) is 4.74 Å². The zero-order valence-electron chi connectivity index (χ0n) is 12.8. The van der Waals surface area contributed by atoms with Crippen molar-refractivity contribution >= 4 is 17.5 Å². The highest BCUT2D eigenvalue weighted by Crippen LogP contribution is 2.34. The number of para-hydroxylation sites is 1. The van der Waals surface area contributed by atoms with Crippen LogP contribution in [0, 0.1) is 0 Å². The molecule has 1 aliphatic heterocycles. The molecule has 0 bridgehead atoms. The van der Waals surface area contributed by atoms with Crippen molar-refractivity contribution in [3.05, 3.63) is 23.8 Å². The summed E-state index contributed by atoms with van der Waals surface area (Å²) >= 11 is 0. The molecule has 0 fully saturated rings. The van der Waals surface area contributed by atoms with Gasteiger partial charge in [0.25, 0.3) is 11.8 Å². The summed E-state index contributed by atoms with van der Waals surface area (Å²) in [5, 5.41) is 2.77. The number of nitrogens with one attached hydrogen (secondary N) is 1. The number of fused-ring (bicyclic) bond motifs is 1. The van der Waals surface area contributed by atoms with Gasteiger partial charge in [-0.1, -0.05) is 19.9 Å². The van der Waals surface area contributed by atoms with E-state index in [-0.39, 0.29) is 11.8 Å². The third-order valence-electron chi connectivity index (χ3n) is 3.44. The Kier molecular flexibility index (Phi) is 4.83. The largest absolute Gasteiger partial charge is 0.478 e. The van der Waals surface area contributed by atoms with Crippen LogP contribution in [0.1, 0.15) is 44.0 Å². The first-order chi connectivity index (χ1) is 10.1. The summed E-state index contributed by atoms with van der Waals surface area (Å²) in [4.78, 5) is 26.2. The zero-order chi connectivity index (χ0) is 15.4. The fraction of sp³-hybridized carbons (Fsp3) is 0.500. The predicted molar refractivity (Wildman–Crippen MR) is 81.6 cm³/mol. The van der Waals surface area contributed by atoms with Gasteiger partial charge in [0.05, 0.1) is 11.3 Å². The highest BCUT2D eigenvalue weighted by Gasteiger charge is 2.28. The Hall–Kier alpha value is -2.04. The normalized spacial score (nSPS) is 16.7. The van der Waals surface area contributed by atoms with Crippen LogP contribution in [0.5, 0.6) is 5.75 Å². The maximum atomic E-state index is 12.7. The lowest BCUT2D eigenvalue weighted by atomic mass is 10.1. The molecule has 2 rings (SSSR count). The first-order valence-corrected chi connectivity index (χ1v) is 7.48. The lowest BCUT2D eigenvalue weighted by molar-refractivity contribution is -0.122. The minimum Gasteiger partial charge on any atom is -0.478 e. The molecule has 0 aliphatic carbocycles. The second kappa shape index (κ2) is 6.61. The molecule has 0 saturated heterocycles. The molecule has 0 radical (unpaired) electrons. The van der Waals surface area contributed by atoms with Gasteiger partial charge in [0.15, 0.2) is 11.9 Å². The Labute approximate surface area is 125 Å². The quantitative estimate of drug-likeness (QED) is 0.907. The lowest BCUT2D eigenvalue weighted by Crippen LogP contribution is -2.37. The third-order valence-corrected chi connectivity index (χ3v) is 3.44. The van der Waals surface area contributed by atoms with Gasteiger partial charge in [0, 0.05) is 13.1 Å². The summed E-state index contributed by atoms with van der Waals surface area (Å²) in [5.74, 6) is 0.247. The number of rotatable bonds is 5. The molecule has 1 atom stereocenters.